The summed E-state index contributed by atoms with van der Waals surface area (Å²) in [6, 6.07) is 14.0. The maximum atomic E-state index is 6.09. The van der Waals surface area contributed by atoms with Gasteiger partial charge in [0.1, 0.15) is 11.4 Å². The minimum atomic E-state index is 0.747. The lowest BCUT2D eigenvalue weighted by molar-refractivity contribution is 0.803. The van der Waals surface area contributed by atoms with Crippen LogP contribution in [0.1, 0.15) is 5.56 Å². The Morgan fingerprint density at radius 1 is 1.14 bits per heavy atom. The summed E-state index contributed by atoms with van der Waals surface area (Å²) in [6.45, 7) is 0.770. The fraction of sp³-hybridized carbons (Fsp3) is 0.125. The number of benzene rings is 2. The largest absolute Gasteiger partial charge is 0.316 e. The molecular weight excluding hydrogens is 302 g/mol. The summed E-state index contributed by atoms with van der Waals surface area (Å²) in [5.74, 6) is 0. The van der Waals surface area contributed by atoms with Crippen LogP contribution in [0.3, 0.4) is 0 Å². The van der Waals surface area contributed by atoms with E-state index >= 15 is 0 Å². The van der Waals surface area contributed by atoms with Crippen molar-refractivity contribution in [2.45, 2.75) is 16.5 Å². The summed E-state index contributed by atoms with van der Waals surface area (Å²) in [5.41, 5.74) is 2.12. The van der Waals surface area contributed by atoms with E-state index in [-0.39, 0.29) is 0 Å². The second-order valence-electron chi connectivity index (χ2n) is 4.58. The predicted molar refractivity (Wildman–Crippen MR) is 87.9 cm³/mol. The number of halogens is 1. The highest BCUT2D eigenvalue weighted by Crippen LogP contribution is 2.34. The SMILES string of the molecule is CNCc1cc(Cl)ccc1Sc1ncnc2ccccc12. The smallest absolute Gasteiger partial charge is 0.117 e. The maximum absolute atomic E-state index is 6.09. The van der Waals surface area contributed by atoms with Crippen molar-refractivity contribution in [3.63, 3.8) is 0 Å². The molecule has 0 aliphatic heterocycles. The van der Waals surface area contributed by atoms with Crippen molar-refractivity contribution in [1.29, 1.82) is 0 Å². The first-order chi connectivity index (χ1) is 10.3. The molecule has 5 heteroatoms. The Morgan fingerprint density at radius 2 is 2.00 bits per heavy atom. The summed E-state index contributed by atoms with van der Waals surface area (Å²) in [6.07, 6.45) is 1.61. The van der Waals surface area contributed by atoms with Gasteiger partial charge >= 0.3 is 0 Å². The van der Waals surface area contributed by atoms with E-state index in [1.807, 2.05) is 49.5 Å². The fourth-order valence-corrected chi connectivity index (χ4v) is 3.33. The van der Waals surface area contributed by atoms with Gasteiger partial charge < -0.3 is 5.32 Å². The summed E-state index contributed by atoms with van der Waals surface area (Å²) in [5, 5.41) is 5.94. The second kappa shape index (κ2) is 6.43. The quantitative estimate of drug-likeness (QED) is 0.734. The highest BCUT2D eigenvalue weighted by atomic mass is 35.5. The molecule has 21 heavy (non-hydrogen) atoms. The molecule has 1 heterocycles. The zero-order valence-electron chi connectivity index (χ0n) is 11.5. The normalized spacial score (nSPS) is 11.0. The molecule has 106 valence electrons. The Bertz CT molecular complexity index is 771. The Balaban J connectivity index is 2.02. The lowest BCUT2D eigenvalue weighted by atomic mass is 10.2. The van der Waals surface area contributed by atoms with Gasteiger partial charge in [0.15, 0.2) is 0 Å². The Morgan fingerprint density at radius 3 is 2.86 bits per heavy atom. The van der Waals surface area contributed by atoms with Gasteiger partial charge in [-0.05, 0) is 36.9 Å². The van der Waals surface area contributed by atoms with Gasteiger partial charge in [-0.2, -0.15) is 0 Å². The average molecular weight is 316 g/mol. The summed E-state index contributed by atoms with van der Waals surface area (Å²) >= 11 is 7.73. The predicted octanol–water partition coefficient (Wildman–Crippen LogP) is 4.15. The van der Waals surface area contributed by atoms with E-state index in [0.29, 0.717) is 0 Å². The first-order valence-corrected chi connectivity index (χ1v) is 7.78. The first-order valence-electron chi connectivity index (χ1n) is 6.58. The monoisotopic (exact) mass is 315 g/mol. The van der Waals surface area contributed by atoms with Crippen LogP contribution in [0.2, 0.25) is 5.02 Å². The molecule has 0 aliphatic carbocycles. The Hall–Kier alpha value is -1.62. The number of nitrogens with zero attached hydrogens (tertiary/aromatic N) is 2. The van der Waals surface area contributed by atoms with E-state index < -0.39 is 0 Å². The minimum absolute atomic E-state index is 0.747. The van der Waals surface area contributed by atoms with Crippen molar-refractivity contribution < 1.29 is 0 Å². The lowest BCUT2D eigenvalue weighted by Gasteiger charge is -2.10. The van der Waals surface area contributed by atoms with Crippen LogP contribution in [0.4, 0.5) is 0 Å². The topological polar surface area (TPSA) is 37.8 Å². The molecule has 0 aliphatic rings. The van der Waals surface area contributed by atoms with Crippen LogP contribution in [-0.2, 0) is 6.54 Å². The van der Waals surface area contributed by atoms with E-state index in [4.69, 9.17) is 11.6 Å². The number of fused-ring (bicyclic) bond motifs is 1. The molecule has 0 atom stereocenters. The van der Waals surface area contributed by atoms with Crippen LogP contribution in [-0.4, -0.2) is 17.0 Å². The van der Waals surface area contributed by atoms with Gasteiger partial charge in [0, 0.05) is 21.8 Å². The van der Waals surface area contributed by atoms with Gasteiger partial charge in [-0.3, -0.25) is 0 Å². The van der Waals surface area contributed by atoms with Crippen LogP contribution in [0.25, 0.3) is 10.9 Å². The molecule has 0 spiro atoms. The highest BCUT2D eigenvalue weighted by molar-refractivity contribution is 7.99. The molecule has 0 radical (unpaired) electrons. The lowest BCUT2D eigenvalue weighted by Crippen LogP contribution is -2.06. The average Bonchev–Trinajstić information content (AvgIpc) is 2.50. The van der Waals surface area contributed by atoms with Crippen molar-refractivity contribution in [2.24, 2.45) is 0 Å². The zero-order valence-corrected chi connectivity index (χ0v) is 13.1. The van der Waals surface area contributed by atoms with Gasteiger partial charge in [-0.1, -0.05) is 41.6 Å². The molecule has 0 unspecified atom stereocenters. The molecule has 3 rings (SSSR count). The maximum Gasteiger partial charge on any atom is 0.117 e. The molecule has 0 saturated heterocycles. The standard InChI is InChI=1S/C16H14ClN3S/c1-18-9-11-8-12(17)6-7-15(11)21-16-13-4-2-3-5-14(13)19-10-20-16/h2-8,10,18H,9H2,1H3. The molecule has 2 aromatic carbocycles. The Labute approximate surface area is 132 Å². The van der Waals surface area contributed by atoms with Crippen molar-refractivity contribution in [3.8, 4) is 0 Å². The van der Waals surface area contributed by atoms with E-state index in [9.17, 15) is 0 Å². The second-order valence-corrected chi connectivity index (χ2v) is 6.05. The van der Waals surface area contributed by atoms with Crippen molar-refractivity contribution in [2.75, 3.05) is 7.05 Å². The number of rotatable bonds is 4. The molecule has 3 nitrogen and oxygen atoms in total. The van der Waals surface area contributed by atoms with Crippen LogP contribution < -0.4 is 5.32 Å². The number of nitrogens with one attached hydrogen (secondary N) is 1. The molecule has 0 saturated carbocycles. The van der Waals surface area contributed by atoms with E-state index in [1.54, 1.807) is 18.1 Å². The summed E-state index contributed by atoms with van der Waals surface area (Å²) < 4.78 is 0. The summed E-state index contributed by atoms with van der Waals surface area (Å²) in [4.78, 5) is 9.87. The van der Waals surface area contributed by atoms with E-state index in [0.717, 1.165) is 38.0 Å². The third-order valence-corrected chi connectivity index (χ3v) is 4.47. The molecule has 3 aromatic rings. The molecular formula is C16H14ClN3S. The van der Waals surface area contributed by atoms with Gasteiger partial charge in [0.05, 0.1) is 5.52 Å². The van der Waals surface area contributed by atoms with Gasteiger partial charge in [-0.15, -0.1) is 0 Å². The van der Waals surface area contributed by atoms with Gasteiger partial charge in [0.25, 0.3) is 0 Å². The van der Waals surface area contributed by atoms with Crippen molar-refractivity contribution in [3.05, 3.63) is 59.4 Å². The molecule has 0 fully saturated rings. The number of para-hydroxylation sites is 1. The minimum Gasteiger partial charge on any atom is -0.316 e. The summed E-state index contributed by atoms with van der Waals surface area (Å²) in [7, 11) is 1.93. The van der Waals surface area contributed by atoms with Gasteiger partial charge in [-0.25, -0.2) is 9.97 Å². The van der Waals surface area contributed by atoms with Gasteiger partial charge in [0.2, 0.25) is 0 Å². The van der Waals surface area contributed by atoms with Crippen molar-refractivity contribution in [1.82, 2.24) is 15.3 Å². The van der Waals surface area contributed by atoms with E-state index in [2.05, 4.69) is 15.3 Å². The first kappa shape index (κ1) is 14.3. The molecule has 1 N–H and O–H groups in total. The Kier molecular flexibility index (Phi) is 4.39. The number of aromatic nitrogens is 2. The number of hydrogen-bond donors (Lipinski definition) is 1. The molecule has 1 aromatic heterocycles. The highest BCUT2D eigenvalue weighted by Gasteiger charge is 2.09. The third kappa shape index (κ3) is 3.18. The van der Waals surface area contributed by atoms with Crippen molar-refractivity contribution >= 4 is 34.3 Å². The molecule has 0 bridgehead atoms. The van der Waals surface area contributed by atoms with Crippen LogP contribution in [0.5, 0.6) is 0 Å². The molecule has 0 amide bonds. The van der Waals surface area contributed by atoms with Crippen LogP contribution >= 0.6 is 23.4 Å². The fourth-order valence-electron chi connectivity index (χ4n) is 2.14. The number of hydrogen-bond acceptors (Lipinski definition) is 4. The van der Waals surface area contributed by atoms with Crippen LogP contribution in [0.15, 0.2) is 58.7 Å². The van der Waals surface area contributed by atoms with E-state index in [1.165, 1.54) is 0 Å². The third-order valence-electron chi connectivity index (χ3n) is 3.10. The zero-order chi connectivity index (χ0) is 14.7. The van der Waals surface area contributed by atoms with Crippen LogP contribution in [0, 0.1) is 0 Å².